The highest BCUT2D eigenvalue weighted by atomic mass is 32.1. The predicted octanol–water partition coefficient (Wildman–Crippen LogP) is 9.50. The fourth-order valence-electron chi connectivity index (χ4n) is 10.7. The van der Waals surface area contributed by atoms with Crippen LogP contribution in [0, 0.1) is 17.3 Å². The van der Waals surface area contributed by atoms with Crippen LogP contribution in [0.5, 0.6) is 22.7 Å². The van der Waals surface area contributed by atoms with Crippen LogP contribution in [0.15, 0.2) is 24.3 Å². The fraction of sp³-hybridized carbons (Fsp3) is 0.617. The smallest absolute Gasteiger partial charge is 0.411 e. The number of carbonyl (C=O) groups is 1. The topological polar surface area (TPSA) is 121 Å². The quantitative estimate of drug-likeness (QED) is 0.0765. The first-order valence-electron chi connectivity index (χ1n) is 22.5. The first kappa shape index (κ1) is 46.2. The first-order chi connectivity index (χ1) is 30.4. The van der Waals surface area contributed by atoms with E-state index in [-0.39, 0.29) is 48.3 Å². The van der Waals surface area contributed by atoms with E-state index in [1.807, 2.05) is 26.8 Å². The minimum Gasteiger partial charge on any atom is -0.467 e. The molecule has 4 atom stereocenters. The zero-order chi connectivity index (χ0) is 45.7. The highest BCUT2D eigenvalue weighted by molar-refractivity contribution is 7.19. The number of carbonyl (C=O) groups excluding carboxylic acids is 1. The van der Waals surface area contributed by atoms with Crippen molar-refractivity contribution in [3.8, 4) is 34.2 Å². The molecule has 17 heteroatoms. The zero-order valence-electron chi connectivity index (χ0n) is 38.8. The van der Waals surface area contributed by atoms with Crippen LogP contribution >= 0.6 is 11.3 Å². The summed E-state index contributed by atoms with van der Waals surface area (Å²) in [6.45, 7) is 21.8. The number of halogens is 2. The Balaban J connectivity index is 1.21. The molecule has 13 nitrogen and oxygen atoms in total. The number of hydrogen-bond donors (Lipinski definition) is 0. The van der Waals surface area contributed by atoms with Gasteiger partial charge in [0.05, 0.1) is 36.4 Å². The van der Waals surface area contributed by atoms with Crippen LogP contribution in [0.4, 0.5) is 19.4 Å². The van der Waals surface area contributed by atoms with Gasteiger partial charge in [-0.3, -0.25) is 9.80 Å². The summed E-state index contributed by atoms with van der Waals surface area (Å²) in [6, 6.07) is 6.17. The van der Waals surface area contributed by atoms with Gasteiger partial charge >= 0.3 is 12.1 Å². The lowest BCUT2D eigenvalue weighted by Gasteiger charge is -2.49. The second-order valence-electron chi connectivity index (χ2n) is 19.7. The Kier molecular flexibility index (Phi) is 13.1. The van der Waals surface area contributed by atoms with Crippen molar-refractivity contribution in [2.75, 3.05) is 64.8 Å². The molecule has 6 heterocycles. The van der Waals surface area contributed by atoms with Crippen LogP contribution in [0.1, 0.15) is 87.1 Å². The van der Waals surface area contributed by atoms with Crippen molar-refractivity contribution in [1.29, 1.82) is 0 Å². The average molecular weight is 921 g/mol. The van der Waals surface area contributed by atoms with Gasteiger partial charge in [-0.25, -0.2) is 13.6 Å². The van der Waals surface area contributed by atoms with Gasteiger partial charge in [0.1, 0.15) is 49.3 Å². The predicted molar refractivity (Wildman–Crippen MR) is 247 cm³/mol. The maximum atomic E-state index is 16.2. The van der Waals surface area contributed by atoms with Crippen LogP contribution in [0.2, 0.25) is 16.6 Å². The Morgan fingerprint density at radius 1 is 1.02 bits per heavy atom. The third kappa shape index (κ3) is 8.97. The second kappa shape index (κ2) is 18.1. The number of morpholine rings is 1. The number of methoxy groups -OCH3 is 1. The number of piperazine rings is 1. The second-order valence-corrected chi connectivity index (χ2v) is 26.2. The van der Waals surface area contributed by atoms with Crippen LogP contribution in [-0.2, 0) is 14.2 Å². The van der Waals surface area contributed by atoms with E-state index >= 15 is 4.39 Å². The van der Waals surface area contributed by atoms with Crippen molar-refractivity contribution in [2.45, 2.75) is 128 Å². The van der Waals surface area contributed by atoms with Crippen molar-refractivity contribution < 1.29 is 42.0 Å². The summed E-state index contributed by atoms with van der Waals surface area (Å²) in [4.78, 5) is 35.0. The van der Waals surface area contributed by atoms with Crippen molar-refractivity contribution in [3.63, 3.8) is 0 Å². The fourth-order valence-corrected chi connectivity index (χ4v) is 16.7. The SMILES string of the molecule is COCOc1cc(Oc2nc3c(N4CC5COCC(C4)N5C(=O)OC(C)(C)C)nc(OC[C@@]45CCCN4C[C@H](F)C5)nc3s2)c2c(C#C[Si](C(C)C)(C(C)C)C(C)C)c(F)ccc2c1. The number of anilines is 1. The van der Waals surface area contributed by atoms with E-state index < -0.39 is 31.2 Å². The number of hydrogen-bond acceptors (Lipinski definition) is 13. The number of thiazole rings is 1. The van der Waals surface area contributed by atoms with Gasteiger partial charge in [0.25, 0.3) is 5.19 Å². The van der Waals surface area contributed by atoms with Gasteiger partial charge in [-0.2, -0.15) is 15.0 Å². The maximum absolute atomic E-state index is 16.2. The molecule has 1 amide bonds. The van der Waals surface area contributed by atoms with E-state index in [2.05, 4.69) is 62.8 Å². The third-order valence-electron chi connectivity index (χ3n) is 13.4. The average Bonchev–Trinajstić information content (AvgIpc) is 3.89. The monoisotopic (exact) mass is 920 g/mol. The lowest BCUT2D eigenvalue weighted by molar-refractivity contribution is -0.0665. The molecule has 4 fully saturated rings. The number of fused-ring (bicyclic) bond motifs is 5. The molecule has 4 aliphatic rings. The zero-order valence-corrected chi connectivity index (χ0v) is 40.6. The van der Waals surface area contributed by atoms with E-state index in [0.717, 1.165) is 19.4 Å². The minimum atomic E-state index is -2.26. The Labute approximate surface area is 380 Å². The molecule has 346 valence electrons. The standard InChI is InChI=1S/C47H62F2N6O7SSi/c1-28(2)64(29(3)4,30(5)6)17-14-36-37(49)13-12-31-18-35(60-27-57-10)19-38(39(31)36)61-44-50-40-41(53-22-33-24-58-25-34(23-53)55(33)45(56)62-46(7,8)9)51-43(52-42(40)63-44)59-26-47-15-11-16-54(47)21-32(48)20-47/h12-13,18-19,28-30,32-34H,11,15-16,20-27H2,1-10H3/t32-,33?,34?,47+/m1/s1. The molecule has 4 saturated heterocycles. The summed E-state index contributed by atoms with van der Waals surface area (Å²) in [6.07, 6.45) is 0.918. The first-order valence-corrected chi connectivity index (χ1v) is 25.6. The van der Waals surface area contributed by atoms with E-state index in [1.54, 1.807) is 24.1 Å². The van der Waals surface area contributed by atoms with Crippen LogP contribution in [-0.4, -0.2) is 128 Å². The Bertz CT molecular complexity index is 2400. The molecule has 4 aromatic rings. The maximum Gasteiger partial charge on any atom is 0.411 e. The molecule has 2 bridgehead atoms. The van der Waals surface area contributed by atoms with Gasteiger partial charge in [-0.1, -0.05) is 64.9 Å². The lowest BCUT2D eigenvalue weighted by Crippen LogP contribution is -2.66. The molecule has 0 radical (unpaired) electrons. The number of rotatable bonds is 12. The summed E-state index contributed by atoms with van der Waals surface area (Å²) < 4.78 is 67.1. The number of benzene rings is 2. The van der Waals surface area contributed by atoms with Gasteiger partial charge in [0.15, 0.2) is 17.4 Å². The van der Waals surface area contributed by atoms with Crippen LogP contribution in [0.3, 0.4) is 0 Å². The largest absolute Gasteiger partial charge is 0.467 e. The molecule has 0 spiro atoms. The number of nitrogens with zero attached hydrogens (tertiary/aromatic N) is 6. The van der Waals surface area contributed by atoms with E-state index in [0.29, 0.717) is 94.3 Å². The molecule has 0 saturated carbocycles. The molecule has 2 aromatic heterocycles. The van der Waals surface area contributed by atoms with Crippen molar-refractivity contribution in [2.24, 2.45) is 0 Å². The summed E-state index contributed by atoms with van der Waals surface area (Å²) >= 11 is 1.21. The number of aromatic nitrogens is 3. The molecule has 8 rings (SSSR count). The number of amides is 1. The molecule has 4 aliphatic heterocycles. The van der Waals surface area contributed by atoms with Gasteiger partial charge < -0.3 is 33.3 Å². The molecule has 0 N–H and O–H groups in total. The Hall–Kier alpha value is -4.34. The van der Waals surface area contributed by atoms with Gasteiger partial charge in [-0.15, -0.1) is 5.54 Å². The number of ether oxygens (including phenoxy) is 6. The Morgan fingerprint density at radius 2 is 1.73 bits per heavy atom. The molecule has 0 aliphatic carbocycles. The minimum absolute atomic E-state index is 0.00774. The van der Waals surface area contributed by atoms with Crippen molar-refractivity contribution in [3.05, 3.63) is 35.6 Å². The van der Waals surface area contributed by atoms with Crippen molar-refractivity contribution in [1.82, 2.24) is 24.8 Å². The number of alkyl halides is 1. The summed E-state index contributed by atoms with van der Waals surface area (Å²) in [7, 11) is -0.716. The van der Waals surface area contributed by atoms with Crippen LogP contribution in [0.25, 0.3) is 21.1 Å². The molecule has 64 heavy (non-hydrogen) atoms. The molecular weight excluding hydrogens is 859 g/mol. The highest BCUT2D eigenvalue weighted by Gasteiger charge is 2.50. The van der Waals surface area contributed by atoms with Gasteiger partial charge in [-0.05, 0) is 74.3 Å². The summed E-state index contributed by atoms with van der Waals surface area (Å²) in [5, 5.41) is 1.41. The third-order valence-corrected chi connectivity index (χ3v) is 20.5. The lowest BCUT2D eigenvalue weighted by atomic mass is 9.95. The van der Waals surface area contributed by atoms with E-state index in [1.165, 1.54) is 17.4 Å². The van der Waals surface area contributed by atoms with E-state index in [9.17, 15) is 9.18 Å². The van der Waals surface area contributed by atoms with E-state index in [4.69, 9.17) is 43.4 Å². The molecule has 2 aromatic carbocycles. The van der Waals surface area contributed by atoms with Gasteiger partial charge in [0.2, 0.25) is 0 Å². The normalized spacial score (nSPS) is 22.7. The van der Waals surface area contributed by atoms with Crippen molar-refractivity contribution >= 4 is 52.4 Å². The Morgan fingerprint density at radius 3 is 2.41 bits per heavy atom. The highest BCUT2D eigenvalue weighted by Crippen LogP contribution is 2.45. The summed E-state index contributed by atoms with van der Waals surface area (Å²) in [5.41, 5.74) is 4.39. The summed E-state index contributed by atoms with van der Waals surface area (Å²) in [5.74, 6) is 4.20. The van der Waals surface area contributed by atoms with Crippen LogP contribution < -0.4 is 19.1 Å². The van der Waals surface area contributed by atoms with Gasteiger partial charge in [0, 0.05) is 44.6 Å². The molecular formula is C47H62F2N6O7SSi. The molecule has 2 unspecified atom stereocenters.